The largest absolute Gasteiger partial charge is 0.465 e. The molecule has 296 valence electrons. The maximum atomic E-state index is 14.0. The molecule has 2 saturated carbocycles. The first-order valence-electron chi connectivity index (χ1n) is 17.4. The van der Waals surface area contributed by atoms with Crippen molar-refractivity contribution in [3.05, 3.63) is 29.6 Å². The highest BCUT2D eigenvalue weighted by molar-refractivity contribution is 5.90. The minimum atomic E-state index is -2.76. The monoisotopic (exact) mass is 763 g/mol. The number of ether oxygens (including phenoxy) is 8. The van der Waals surface area contributed by atoms with Crippen molar-refractivity contribution < 1.29 is 81.7 Å². The van der Waals surface area contributed by atoms with E-state index >= 15 is 0 Å². The number of pyridine rings is 1. The van der Waals surface area contributed by atoms with Crippen LogP contribution in [0, 0.1) is 17.3 Å². The van der Waals surface area contributed by atoms with Crippen LogP contribution < -0.4 is 0 Å². The number of fused-ring (bicyclic) bond motifs is 5. The lowest BCUT2D eigenvalue weighted by molar-refractivity contribution is -0.386. The van der Waals surface area contributed by atoms with Gasteiger partial charge in [-0.3, -0.25) is 33.8 Å². The molecule has 54 heavy (non-hydrogen) atoms. The number of nitrogens with zero attached hydrogens (tertiary/aromatic N) is 1. The zero-order valence-corrected chi connectivity index (χ0v) is 31.1. The van der Waals surface area contributed by atoms with Crippen molar-refractivity contribution in [1.82, 2.24) is 4.98 Å². The van der Waals surface area contributed by atoms with Crippen LogP contribution in [0.3, 0.4) is 0 Å². The van der Waals surface area contributed by atoms with Crippen LogP contribution in [-0.2, 0) is 73.1 Å². The number of hydrogen-bond acceptors (Lipinski definition) is 18. The number of carbonyl (C=O) groups excluding carboxylic acids is 7. The Morgan fingerprint density at radius 3 is 2.04 bits per heavy atom. The van der Waals surface area contributed by atoms with E-state index in [4.69, 9.17) is 37.9 Å². The predicted octanol–water partition coefficient (Wildman–Crippen LogP) is 0.292. The van der Waals surface area contributed by atoms with Gasteiger partial charge in [0.25, 0.3) is 0 Å². The zero-order valence-electron chi connectivity index (χ0n) is 31.1. The molecule has 1 spiro atoms. The topological polar surface area (TPSA) is 247 Å². The molecular formula is C36H45NO17. The van der Waals surface area contributed by atoms with Crippen molar-refractivity contribution in [2.75, 3.05) is 13.2 Å². The Bertz CT molecular complexity index is 1730. The third-order valence-electron chi connectivity index (χ3n) is 10.9. The Morgan fingerprint density at radius 2 is 1.46 bits per heavy atom. The summed E-state index contributed by atoms with van der Waals surface area (Å²) >= 11 is 0. The van der Waals surface area contributed by atoms with Gasteiger partial charge in [0.2, 0.25) is 0 Å². The van der Waals surface area contributed by atoms with Crippen LogP contribution in [0.4, 0.5) is 0 Å². The molecule has 2 N–H and O–H groups in total. The molecule has 1 unspecified atom stereocenters. The molecule has 18 heteroatoms. The molecular weight excluding hydrogens is 718 g/mol. The van der Waals surface area contributed by atoms with Crippen LogP contribution in [0.1, 0.15) is 77.7 Å². The predicted molar refractivity (Wildman–Crippen MR) is 176 cm³/mol. The summed E-state index contributed by atoms with van der Waals surface area (Å²) < 4.78 is 47.5. The van der Waals surface area contributed by atoms with Crippen molar-refractivity contribution in [3.63, 3.8) is 0 Å². The van der Waals surface area contributed by atoms with E-state index < -0.39 is 126 Å². The standard InChI is InChI=1S/C36H45NO17/c1-16-9-10-22-11-12-37-13-23(22)32(45)48-14-33(7)24-25(49-18(3)39)29(51-20(5)41)35(15-47-17(2)38)30(52-21(6)42)26(50-19(4)40)28(53-31(16)44)34(8,46)36(35,54-33)27(24)43/h11-13,16,24-30,43,46H,9-10,14-15H2,1-8H3/t16?,24-,25+,26+,27-,28+,29-,30+,33+,34+,35-,36+/m1/s1. The molecule has 4 aliphatic rings. The molecule has 0 amide bonds. The number of carbonyl (C=O) groups is 7. The normalized spacial score (nSPS) is 38.6. The second kappa shape index (κ2) is 14.5. The number of aromatic nitrogens is 1. The molecule has 18 nitrogen and oxygen atoms in total. The Kier molecular flexibility index (Phi) is 10.9. The molecule has 2 aliphatic carbocycles. The summed E-state index contributed by atoms with van der Waals surface area (Å²) in [6.07, 6.45) is -8.88. The Morgan fingerprint density at radius 1 is 0.889 bits per heavy atom. The number of aliphatic hydroxyl groups is 2. The van der Waals surface area contributed by atoms with E-state index in [2.05, 4.69) is 4.98 Å². The lowest BCUT2D eigenvalue weighted by atomic mass is 9.45. The fourth-order valence-corrected chi connectivity index (χ4v) is 8.89. The molecule has 3 heterocycles. The summed E-state index contributed by atoms with van der Waals surface area (Å²) in [7, 11) is 0. The molecule has 1 aromatic heterocycles. The Balaban J connectivity index is 1.93. The first-order chi connectivity index (χ1) is 25.1. The smallest absolute Gasteiger partial charge is 0.340 e. The summed E-state index contributed by atoms with van der Waals surface area (Å²) in [5.41, 5.74) is -9.52. The lowest BCUT2D eigenvalue weighted by Crippen LogP contribution is -2.89. The maximum absolute atomic E-state index is 14.0. The van der Waals surface area contributed by atoms with Crippen LogP contribution in [0.5, 0.6) is 0 Å². The van der Waals surface area contributed by atoms with E-state index in [-0.39, 0.29) is 18.4 Å². The third kappa shape index (κ3) is 6.46. The second-order valence-corrected chi connectivity index (χ2v) is 14.7. The highest BCUT2D eigenvalue weighted by Gasteiger charge is 2.90. The van der Waals surface area contributed by atoms with E-state index in [9.17, 15) is 43.8 Å². The number of aryl methyl sites for hydroxylation is 1. The molecule has 2 aliphatic heterocycles. The first kappa shape index (κ1) is 40.5. The number of cyclic esters (lactones) is 1. The van der Waals surface area contributed by atoms with Crippen molar-refractivity contribution in [2.45, 2.75) is 122 Å². The summed E-state index contributed by atoms with van der Waals surface area (Å²) in [4.78, 5) is 96.2. The van der Waals surface area contributed by atoms with Crippen molar-refractivity contribution >= 4 is 41.8 Å². The SMILES string of the molecule is CC(=O)OC[C@]12[C@H](OC(C)=O)[C@@H](OC(C)=O)[C@@H]3[C@@H](O)[C@@]14O[C@@]3(C)COC(=O)c1cnccc1CCC(C)C(=O)O[C@@H]([C@H](OC(C)=O)[C@@H]2OC(C)=O)[C@]4(C)O. The van der Waals surface area contributed by atoms with E-state index in [1.807, 2.05) is 0 Å². The van der Waals surface area contributed by atoms with Gasteiger partial charge in [-0.05, 0) is 38.3 Å². The minimum Gasteiger partial charge on any atom is -0.465 e. The highest BCUT2D eigenvalue weighted by Crippen LogP contribution is 2.69. The van der Waals surface area contributed by atoms with Crippen molar-refractivity contribution in [1.29, 1.82) is 0 Å². The third-order valence-corrected chi connectivity index (χ3v) is 10.9. The average Bonchev–Trinajstić information content (AvgIpc) is 3.27. The first-order valence-corrected chi connectivity index (χ1v) is 17.4. The highest BCUT2D eigenvalue weighted by atomic mass is 16.7. The number of rotatable bonds is 6. The Hall–Kier alpha value is -4.68. The van der Waals surface area contributed by atoms with Gasteiger partial charge in [-0.2, -0.15) is 0 Å². The molecule has 0 radical (unpaired) electrons. The van der Waals surface area contributed by atoms with Crippen LogP contribution in [-0.4, -0.2) is 124 Å². The van der Waals surface area contributed by atoms with Crippen LogP contribution in [0.2, 0.25) is 0 Å². The molecule has 3 fully saturated rings. The molecule has 1 aromatic rings. The van der Waals surface area contributed by atoms with Gasteiger partial charge in [0.05, 0.1) is 23.5 Å². The van der Waals surface area contributed by atoms with Gasteiger partial charge >= 0.3 is 41.8 Å². The minimum absolute atomic E-state index is 0.0466. The second-order valence-electron chi connectivity index (χ2n) is 14.7. The average molecular weight is 764 g/mol. The van der Waals surface area contributed by atoms with Gasteiger partial charge in [0.1, 0.15) is 41.5 Å². The summed E-state index contributed by atoms with van der Waals surface area (Å²) in [5.74, 6) is -9.31. The molecule has 0 aromatic carbocycles. The molecule has 5 rings (SSSR count). The Labute approximate surface area is 310 Å². The molecule has 12 atom stereocenters. The number of esters is 7. The van der Waals surface area contributed by atoms with E-state index in [1.165, 1.54) is 26.2 Å². The number of aliphatic hydroxyl groups excluding tert-OH is 1. The van der Waals surface area contributed by atoms with Gasteiger partial charge in [-0.1, -0.05) is 6.92 Å². The van der Waals surface area contributed by atoms with Crippen LogP contribution in [0.25, 0.3) is 0 Å². The summed E-state index contributed by atoms with van der Waals surface area (Å²) in [5, 5.41) is 25.8. The van der Waals surface area contributed by atoms with Crippen LogP contribution >= 0.6 is 0 Å². The summed E-state index contributed by atoms with van der Waals surface area (Å²) in [6, 6.07) is 1.57. The fourth-order valence-electron chi connectivity index (χ4n) is 8.89. The lowest BCUT2D eigenvalue weighted by Gasteiger charge is -2.67. The fraction of sp³-hybridized carbons (Fsp3) is 0.667. The van der Waals surface area contributed by atoms with Crippen molar-refractivity contribution in [2.24, 2.45) is 17.3 Å². The van der Waals surface area contributed by atoms with Crippen LogP contribution in [0.15, 0.2) is 18.5 Å². The van der Waals surface area contributed by atoms with Gasteiger partial charge in [0, 0.05) is 47.0 Å². The maximum Gasteiger partial charge on any atom is 0.340 e. The van der Waals surface area contributed by atoms with Gasteiger partial charge in [-0.15, -0.1) is 0 Å². The number of hydrogen-bond donors (Lipinski definition) is 2. The van der Waals surface area contributed by atoms with E-state index in [0.29, 0.717) is 5.56 Å². The quantitative estimate of drug-likeness (QED) is 0.292. The summed E-state index contributed by atoms with van der Waals surface area (Å²) in [6.45, 7) is 7.24. The van der Waals surface area contributed by atoms with E-state index in [0.717, 1.165) is 41.5 Å². The van der Waals surface area contributed by atoms with E-state index in [1.54, 1.807) is 6.07 Å². The van der Waals surface area contributed by atoms with Gasteiger partial charge in [-0.25, -0.2) is 4.79 Å². The van der Waals surface area contributed by atoms with Gasteiger partial charge < -0.3 is 48.1 Å². The zero-order chi connectivity index (χ0) is 40.1. The molecule has 1 saturated heterocycles. The van der Waals surface area contributed by atoms with Crippen molar-refractivity contribution in [3.8, 4) is 0 Å². The molecule has 4 bridgehead atoms. The van der Waals surface area contributed by atoms with Gasteiger partial charge in [0.15, 0.2) is 24.4 Å².